The Hall–Kier alpha value is -0.700. The summed E-state index contributed by atoms with van der Waals surface area (Å²) in [6.07, 6.45) is 0. The van der Waals surface area contributed by atoms with Crippen LogP contribution in [0.25, 0.3) is 0 Å². The Labute approximate surface area is 107 Å². The van der Waals surface area contributed by atoms with Crippen LogP contribution in [0.3, 0.4) is 0 Å². The van der Waals surface area contributed by atoms with Gasteiger partial charge in [-0.2, -0.15) is 0 Å². The van der Waals surface area contributed by atoms with E-state index in [9.17, 15) is 12.8 Å². The van der Waals surface area contributed by atoms with Crippen molar-refractivity contribution in [3.05, 3.63) is 22.4 Å². The third-order valence-corrected chi connectivity index (χ3v) is 4.26. The maximum atomic E-state index is 13.5. The lowest BCUT2D eigenvalue weighted by molar-refractivity contribution is 0.265. The first kappa shape index (κ1) is 14.4. The fourth-order valence-electron chi connectivity index (χ4n) is 1.12. The zero-order valence-electron chi connectivity index (χ0n) is 8.94. The topological polar surface area (TPSA) is 92.4 Å². The molecule has 0 radical (unpaired) electrons. The van der Waals surface area contributed by atoms with Crippen LogP contribution in [0.15, 0.2) is 21.5 Å². The molecule has 0 saturated heterocycles. The Bertz CT molecular complexity index is 521. The second kappa shape index (κ2) is 5.30. The van der Waals surface area contributed by atoms with Crippen molar-refractivity contribution in [3.63, 3.8) is 0 Å². The van der Waals surface area contributed by atoms with Crippen molar-refractivity contribution in [2.45, 2.75) is 17.9 Å². The van der Waals surface area contributed by atoms with Crippen molar-refractivity contribution < 1.29 is 17.9 Å². The third kappa shape index (κ3) is 3.38. The summed E-state index contributed by atoms with van der Waals surface area (Å²) in [6.45, 7) is 1.07. The number of nitrogens with two attached hydrogens (primary N) is 1. The molecule has 1 unspecified atom stereocenters. The van der Waals surface area contributed by atoms with E-state index in [1.165, 1.54) is 6.92 Å². The van der Waals surface area contributed by atoms with Gasteiger partial charge in [0.25, 0.3) is 0 Å². The number of hydrogen-bond donors (Lipinski definition) is 3. The standard InChI is InChI=1S/C9H12BrFN2O3S/c1-5(4-14)13-17(15,16)9-3-8(12)6(10)2-7(9)11/h2-3,5,13-14H,4,12H2,1H3. The van der Waals surface area contributed by atoms with Crippen molar-refractivity contribution in [1.29, 1.82) is 0 Å². The molecular weight excluding hydrogens is 315 g/mol. The molecule has 0 heterocycles. The molecule has 1 rings (SSSR count). The van der Waals surface area contributed by atoms with Crippen molar-refractivity contribution in [3.8, 4) is 0 Å². The third-order valence-electron chi connectivity index (χ3n) is 1.97. The first-order chi connectivity index (χ1) is 7.77. The molecule has 1 atom stereocenters. The molecule has 0 aliphatic rings. The highest BCUT2D eigenvalue weighted by Crippen LogP contribution is 2.26. The first-order valence-electron chi connectivity index (χ1n) is 4.65. The summed E-state index contributed by atoms with van der Waals surface area (Å²) in [6, 6.07) is 1.29. The van der Waals surface area contributed by atoms with E-state index in [4.69, 9.17) is 10.8 Å². The van der Waals surface area contributed by atoms with Crippen LogP contribution in [0, 0.1) is 5.82 Å². The number of aliphatic hydroxyl groups is 1. The Balaban J connectivity index is 3.20. The van der Waals surface area contributed by atoms with Crippen LogP contribution in [0.2, 0.25) is 0 Å². The molecule has 0 fully saturated rings. The summed E-state index contributed by atoms with van der Waals surface area (Å²) in [4.78, 5) is -0.543. The molecule has 17 heavy (non-hydrogen) atoms. The highest BCUT2D eigenvalue weighted by molar-refractivity contribution is 9.10. The van der Waals surface area contributed by atoms with Gasteiger partial charge in [-0.3, -0.25) is 0 Å². The normalized spacial score (nSPS) is 13.6. The average Bonchev–Trinajstić information content (AvgIpc) is 2.22. The van der Waals surface area contributed by atoms with Crippen molar-refractivity contribution >= 4 is 31.6 Å². The minimum absolute atomic E-state index is 0.114. The summed E-state index contributed by atoms with van der Waals surface area (Å²) in [7, 11) is -4.03. The molecule has 5 nitrogen and oxygen atoms in total. The molecular formula is C9H12BrFN2O3S. The number of benzene rings is 1. The lowest BCUT2D eigenvalue weighted by atomic mass is 10.3. The van der Waals surface area contributed by atoms with Crippen molar-refractivity contribution in [2.24, 2.45) is 0 Å². The van der Waals surface area contributed by atoms with Crippen LogP contribution < -0.4 is 10.5 Å². The Morgan fingerprint density at radius 3 is 2.71 bits per heavy atom. The predicted molar refractivity (Wildman–Crippen MR) is 65.4 cm³/mol. The number of halogens is 2. The van der Waals surface area contributed by atoms with Crippen LogP contribution in [0.1, 0.15) is 6.92 Å². The maximum Gasteiger partial charge on any atom is 0.243 e. The van der Waals surface area contributed by atoms with Gasteiger partial charge in [0.15, 0.2) is 0 Å². The van der Waals surface area contributed by atoms with Gasteiger partial charge in [0.1, 0.15) is 10.7 Å². The largest absolute Gasteiger partial charge is 0.398 e. The van der Waals surface area contributed by atoms with E-state index in [0.29, 0.717) is 0 Å². The van der Waals surface area contributed by atoms with Gasteiger partial charge in [-0.1, -0.05) is 0 Å². The van der Waals surface area contributed by atoms with E-state index in [0.717, 1.165) is 12.1 Å². The van der Waals surface area contributed by atoms with Gasteiger partial charge in [-0.05, 0) is 35.0 Å². The maximum absolute atomic E-state index is 13.5. The molecule has 0 spiro atoms. The van der Waals surface area contributed by atoms with E-state index in [1.807, 2.05) is 0 Å². The summed E-state index contributed by atoms with van der Waals surface area (Å²) >= 11 is 2.99. The van der Waals surface area contributed by atoms with E-state index in [1.54, 1.807) is 0 Å². The van der Waals surface area contributed by atoms with E-state index < -0.39 is 26.8 Å². The van der Waals surface area contributed by atoms with E-state index in [-0.39, 0.29) is 16.8 Å². The fourth-order valence-corrected chi connectivity index (χ4v) is 2.76. The van der Waals surface area contributed by atoms with Gasteiger partial charge in [0.2, 0.25) is 10.0 Å². The van der Waals surface area contributed by atoms with Crippen LogP contribution >= 0.6 is 15.9 Å². The molecule has 1 aromatic rings. The molecule has 0 aliphatic heterocycles. The van der Waals surface area contributed by atoms with Gasteiger partial charge in [-0.25, -0.2) is 17.5 Å². The minimum Gasteiger partial charge on any atom is -0.398 e. The van der Waals surface area contributed by atoms with Gasteiger partial charge in [0, 0.05) is 16.2 Å². The molecule has 4 N–H and O–H groups in total. The van der Waals surface area contributed by atoms with Crippen molar-refractivity contribution in [2.75, 3.05) is 12.3 Å². The molecule has 96 valence electrons. The monoisotopic (exact) mass is 326 g/mol. The molecule has 8 heteroatoms. The lowest BCUT2D eigenvalue weighted by Gasteiger charge is -2.12. The summed E-state index contributed by atoms with van der Waals surface area (Å²) < 4.78 is 39.4. The Kier molecular flexibility index (Phi) is 4.48. The zero-order valence-corrected chi connectivity index (χ0v) is 11.3. The van der Waals surface area contributed by atoms with Crippen LogP contribution in [0.4, 0.5) is 10.1 Å². The SMILES string of the molecule is CC(CO)NS(=O)(=O)c1cc(N)c(Br)cc1F. The zero-order chi connectivity index (χ0) is 13.2. The Morgan fingerprint density at radius 1 is 1.59 bits per heavy atom. The smallest absolute Gasteiger partial charge is 0.243 e. The van der Waals surface area contributed by atoms with Crippen molar-refractivity contribution in [1.82, 2.24) is 4.72 Å². The average molecular weight is 327 g/mol. The quantitative estimate of drug-likeness (QED) is 0.714. The Morgan fingerprint density at radius 2 is 2.18 bits per heavy atom. The van der Waals surface area contributed by atoms with Crippen LogP contribution in [-0.2, 0) is 10.0 Å². The lowest BCUT2D eigenvalue weighted by Crippen LogP contribution is -2.35. The number of hydrogen-bond acceptors (Lipinski definition) is 4. The van der Waals surface area contributed by atoms with Gasteiger partial charge in [-0.15, -0.1) is 0 Å². The number of sulfonamides is 1. The number of anilines is 1. The van der Waals surface area contributed by atoms with Gasteiger partial charge in [0.05, 0.1) is 6.61 Å². The summed E-state index contributed by atoms with van der Waals surface area (Å²) in [5.74, 6) is -0.913. The molecule has 0 amide bonds. The molecule has 0 aromatic heterocycles. The van der Waals surface area contributed by atoms with Gasteiger partial charge < -0.3 is 10.8 Å². The second-order valence-electron chi connectivity index (χ2n) is 3.51. The van der Waals surface area contributed by atoms with Crippen LogP contribution in [0.5, 0.6) is 0 Å². The molecule has 0 bridgehead atoms. The van der Waals surface area contributed by atoms with E-state index in [2.05, 4.69) is 20.7 Å². The predicted octanol–water partition coefficient (Wildman–Crippen LogP) is 0.830. The molecule has 0 aliphatic carbocycles. The number of rotatable bonds is 4. The highest BCUT2D eigenvalue weighted by atomic mass is 79.9. The highest BCUT2D eigenvalue weighted by Gasteiger charge is 2.22. The van der Waals surface area contributed by atoms with Crippen LogP contribution in [-0.4, -0.2) is 26.2 Å². The number of nitrogens with one attached hydrogen (secondary N) is 1. The summed E-state index contributed by atoms with van der Waals surface area (Å²) in [5, 5.41) is 8.76. The second-order valence-corrected chi connectivity index (χ2v) is 6.05. The molecule has 0 saturated carbocycles. The molecule has 1 aromatic carbocycles. The number of aliphatic hydroxyl groups excluding tert-OH is 1. The van der Waals surface area contributed by atoms with E-state index >= 15 is 0 Å². The van der Waals surface area contributed by atoms with Gasteiger partial charge >= 0.3 is 0 Å². The number of nitrogen functional groups attached to an aromatic ring is 1. The fraction of sp³-hybridized carbons (Fsp3) is 0.333. The minimum atomic E-state index is -4.03. The first-order valence-corrected chi connectivity index (χ1v) is 6.93. The summed E-state index contributed by atoms with van der Waals surface area (Å²) in [5.41, 5.74) is 5.61.